The normalized spacial score (nSPS) is 10.5. The van der Waals surface area contributed by atoms with E-state index in [-0.39, 0.29) is 25.4 Å². The van der Waals surface area contributed by atoms with E-state index in [2.05, 4.69) is 15.6 Å². The van der Waals surface area contributed by atoms with Crippen LogP contribution in [0.15, 0.2) is 54.7 Å². The molecular weight excluding hydrogens is 370 g/mol. The van der Waals surface area contributed by atoms with Crippen molar-refractivity contribution in [3.8, 4) is 0 Å². The third-order valence-electron chi connectivity index (χ3n) is 4.49. The molecule has 0 aliphatic heterocycles. The second-order valence-electron chi connectivity index (χ2n) is 6.48. The van der Waals surface area contributed by atoms with Gasteiger partial charge in [-0.1, -0.05) is 43.3 Å². The molecule has 0 unspecified atom stereocenters. The number of ketones is 1. The summed E-state index contributed by atoms with van der Waals surface area (Å²) in [5.74, 6) is -0.819. The molecule has 0 fully saturated rings. The number of carbonyl (C=O) groups excluding carboxylic acids is 3. The number of hydrogen-bond donors (Lipinski definition) is 3. The lowest BCUT2D eigenvalue weighted by molar-refractivity contribution is -0.142. The van der Waals surface area contributed by atoms with Gasteiger partial charge in [-0.25, -0.2) is 4.79 Å². The molecule has 0 atom stereocenters. The minimum absolute atomic E-state index is 0.0244. The van der Waals surface area contributed by atoms with E-state index in [9.17, 15) is 14.4 Å². The van der Waals surface area contributed by atoms with Gasteiger partial charge < -0.3 is 20.4 Å². The summed E-state index contributed by atoms with van der Waals surface area (Å²) in [4.78, 5) is 39.2. The van der Waals surface area contributed by atoms with Crippen LogP contribution in [0.2, 0.25) is 0 Å². The van der Waals surface area contributed by atoms with Crippen molar-refractivity contribution in [2.45, 2.75) is 19.8 Å². The fraction of sp³-hybridized carbons (Fsp3) is 0.227. The Hall–Kier alpha value is -3.61. The Kier molecular flexibility index (Phi) is 6.63. The number of anilines is 1. The molecule has 7 heteroatoms. The number of hydrogen-bond acceptors (Lipinski definition) is 4. The minimum Gasteiger partial charge on any atom is -0.457 e. The predicted molar refractivity (Wildman–Crippen MR) is 111 cm³/mol. The number of aromatic amines is 1. The first-order valence-corrected chi connectivity index (χ1v) is 9.46. The number of Topliss-reactive ketones (excluding diaryl/α,β-unsaturated/α-hetero) is 1. The number of esters is 1. The van der Waals surface area contributed by atoms with E-state index < -0.39 is 12.0 Å². The van der Waals surface area contributed by atoms with Gasteiger partial charge in [0.15, 0.2) is 6.61 Å². The van der Waals surface area contributed by atoms with Gasteiger partial charge in [-0.3, -0.25) is 9.59 Å². The molecule has 150 valence electrons. The number of aromatic nitrogens is 1. The number of amides is 2. The molecule has 3 rings (SSSR count). The number of para-hydroxylation sites is 2. The van der Waals surface area contributed by atoms with Crippen LogP contribution in [-0.2, 0) is 16.0 Å². The number of carbonyl (C=O) groups is 3. The molecule has 7 nitrogen and oxygen atoms in total. The summed E-state index contributed by atoms with van der Waals surface area (Å²) in [6.45, 7) is 1.82. The molecular formula is C22H23N3O4. The Labute approximate surface area is 168 Å². The van der Waals surface area contributed by atoms with Gasteiger partial charge in [-0.2, -0.15) is 0 Å². The van der Waals surface area contributed by atoms with Gasteiger partial charge in [0, 0.05) is 34.9 Å². The number of rotatable bonds is 8. The number of urea groups is 1. The topological polar surface area (TPSA) is 100 Å². The Morgan fingerprint density at radius 1 is 1.03 bits per heavy atom. The van der Waals surface area contributed by atoms with Gasteiger partial charge in [-0.15, -0.1) is 0 Å². The summed E-state index contributed by atoms with van der Waals surface area (Å²) in [5, 5.41) is 6.05. The summed E-state index contributed by atoms with van der Waals surface area (Å²) in [5.41, 5.74) is 3.21. The van der Waals surface area contributed by atoms with Gasteiger partial charge in [0.05, 0.1) is 6.42 Å². The molecule has 3 N–H and O–H groups in total. The van der Waals surface area contributed by atoms with Crippen LogP contribution >= 0.6 is 0 Å². The summed E-state index contributed by atoms with van der Waals surface area (Å²) in [6.07, 6.45) is 2.48. The lowest BCUT2D eigenvalue weighted by Gasteiger charge is -2.07. The summed E-state index contributed by atoms with van der Waals surface area (Å²) in [6, 6.07) is 14.3. The van der Waals surface area contributed by atoms with E-state index in [0.717, 1.165) is 22.9 Å². The summed E-state index contributed by atoms with van der Waals surface area (Å²) >= 11 is 0. The number of benzene rings is 2. The highest BCUT2D eigenvalue weighted by atomic mass is 16.5. The highest BCUT2D eigenvalue weighted by Crippen LogP contribution is 2.22. The van der Waals surface area contributed by atoms with Gasteiger partial charge in [0.25, 0.3) is 0 Å². The van der Waals surface area contributed by atoms with Crippen LogP contribution in [0.4, 0.5) is 10.5 Å². The molecule has 0 bridgehead atoms. The third-order valence-corrected chi connectivity index (χ3v) is 4.49. The second kappa shape index (κ2) is 9.54. The maximum Gasteiger partial charge on any atom is 0.319 e. The molecule has 1 aromatic heterocycles. The maximum absolute atomic E-state index is 12.4. The number of ether oxygens (including phenoxy) is 1. The molecule has 0 aliphatic carbocycles. The first-order valence-electron chi connectivity index (χ1n) is 9.46. The molecule has 1 heterocycles. The van der Waals surface area contributed by atoms with E-state index in [1.54, 1.807) is 30.5 Å². The van der Waals surface area contributed by atoms with Crippen LogP contribution in [0.25, 0.3) is 10.9 Å². The van der Waals surface area contributed by atoms with Crippen molar-refractivity contribution < 1.29 is 19.1 Å². The van der Waals surface area contributed by atoms with Crippen molar-refractivity contribution in [3.05, 3.63) is 65.9 Å². The molecule has 3 aromatic rings. The lowest BCUT2D eigenvalue weighted by atomic mass is 10.1. The molecule has 2 aromatic carbocycles. The number of nitrogens with one attached hydrogen (secondary N) is 3. The smallest absolute Gasteiger partial charge is 0.319 e. The van der Waals surface area contributed by atoms with E-state index >= 15 is 0 Å². The van der Waals surface area contributed by atoms with Crippen molar-refractivity contribution in [2.24, 2.45) is 0 Å². The Balaban J connectivity index is 1.44. The molecule has 0 aliphatic rings. The van der Waals surface area contributed by atoms with Gasteiger partial charge in [0.2, 0.25) is 5.78 Å². The van der Waals surface area contributed by atoms with Crippen LogP contribution in [0.3, 0.4) is 0 Å². The van der Waals surface area contributed by atoms with E-state index in [4.69, 9.17) is 4.74 Å². The van der Waals surface area contributed by atoms with Crippen molar-refractivity contribution in [3.63, 3.8) is 0 Å². The number of fused-ring (bicyclic) bond motifs is 1. The summed E-state index contributed by atoms with van der Waals surface area (Å²) in [7, 11) is 0. The molecule has 0 saturated heterocycles. The van der Waals surface area contributed by atoms with Crippen LogP contribution in [0, 0.1) is 0 Å². The van der Waals surface area contributed by atoms with E-state index in [1.807, 2.05) is 31.2 Å². The molecule has 0 saturated carbocycles. The van der Waals surface area contributed by atoms with Crippen molar-refractivity contribution in [2.75, 3.05) is 18.5 Å². The van der Waals surface area contributed by atoms with Gasteiger partial charge in [-0.05, 0) is 24.1 Å². The first-order chi connectivity index (χ1) is 14.1. The fourth-order valence-electron chi connectivity index (χ4n) is 3.01. The average molecular weight is 393 g/mol. The van der Waals surface area contributed by atoms with E-state index in [0.29, 0.717) is 11.3 Å². The quantitative estimate of drug-likeness (QED) is 0.402. The fourth-order valence-corrected chi connectivity index (χ4v) is 3.01. The maximum atomic E-state index is 12.4. The Bertz CT molecular complexity index is 1010. The molecule has 29 heavy (non-hydrogen) atoms. The summed E-state index contributed by atoms with van der Waals surface area (Å²) < 4.78 is 5.06. The van der Waals surface area contributed by atoms with Crippen LogP contribution in [0.1, 0.15) is 29.3 Å². The Morgan fingerprint density at radius 3 is 2.59 bits per heavy atom. The predicted octanol–water partition coefficient (Wildman–Crippen LogP) is 3.67. The zero-order chi connectivity index (χ0) is 20.6. The van der Waals surface area contributed by atoms with Crippen LogP contribution < -0.4 is 10.6 Å². The van der Waals surface area contributed by atoms with Crippen LogP contribution in [-0.4, -0.2) is 35.9 Å². The Morgan fingerprint density at radius 2 is 1.83 bits per heavy atom. The zero-order valence-electron chi connectivity index (χ0n) is 16.2. The largest absolute Gasteiger partial charge is 0.457 e. The average Bonchev–Trinajstić information content (AvgIpc) is 3.17. The minimum atomic E-state index is -0.549. The van der Waals surface area contributed by atoms with Crippen molar-refractivity contribution >= 4 is 34.4 Å². The van der Waals surface area contributed by atoms with Crippen molar-refractivity contribution in [1.82, 2.24) is 10.3 Å². The highest BCUT2D eigenvalue weighted by Gasteiger charge is 2.15. The third kappa shape index (κ3) is 5.22. The van der Waals surface area contributed by atoms with Gasteiger partial charge in [0.1, 0.15) is 0 Å². The van der Waals surface area contributed by atoms with Crippen LogP contribution in [0.5, 0.6) is 0 Å². The number of H-pyrrole nitrogens is 1. The van der Waals surface area contributed by atoms with E-state index in [1.165, 1.54) is 0 Å². The SMILES string of the molecule is CCc1cccc2c(C(=O)COC(=O)CCNC(=O)Nc3ccccc3)c[nH]c12. The first kappa shape index (κ1) is 20.1. The lowest BCUT2D eigenvalue weighted by Crippen LogP contribution is -2.31. The number of aryl methyl sites for hydroxylation is 1. The molecule has 0 radical (unpaired) electrons. The van der Waals surface area contributed by atoms with Gasteiger partial charge >= 0.3 is 12.0 Å². The molecule has 0 spiro atoms. The highest BCUT2D eigenvalue weighted by molar-refractivity contribution is 6.09. The zero-order valence-corrected chi connectivity index (χ0v) is 16.2. The monoisotopic (exact) mass is 393 g/mol. The van der Waals surface area contributed by atoms with Crippen molar-refractivity contribution in [1.29, 1.82) is 0 Å². The second-order valence-corrected chi connectivity index (χ2v) is 6.48. The molecule has 2 amide bonds. The standard InChI is InChI=1S/C22H23N3O4/c1-2-15-7-6-10-17-18(13-24-21(15)17)19(26)14-29-20(27)11-12-23-22(28)25-16-8-4-3-5-9-16/h3-10,13,24H,2,11-12,14H2,1H3,(H2,23,25,28).